The summed E-state index contributed by atoms with van der Waals surface area (Å²) in [6.45, 7) is 4.03. The van der Waals surface area contributed by atoms with Gasteiger partial charge in [-0.05, 0) is 37.0 Å². The molecule has 2 aliphatic heterocycles. The minimum atomic E-state index is -0.517. The molecule has 0 aliphatic carbocycles. The van der Waals surface area contributed by atoms with Crippen LogP contribution in [0.1, 0.15) is 26.2 Å². The van der Waals surface area contributed by atoms with Crippen molar-refractivity contribution in [3.8, 4) is 0 Å². The fraction of sp³-hybridized carbons (Fsp3) is 0.529. The number of nitrogens with zero attached hydrogens (tertiary/aromatic N) is 2. The lowest BCUT2D eigenvalue weighted by Gasteiger charge is -2.32. The molecule has 0 radical (unpaired) electrons. The van der Waals surface area contributed by atoms with Gasteiger partial charge in [-0.3, -0.25) is 9.59 Å². The van der Waals surface area contributed by atoms with Crippen molar-refractivity contribution in [2.24, 2.45) is 11.8 Å². The van der Waals surface area contributed by atoms with E-state index in [4.69, 9.17) is 11.6 Å². The number of likely N-dealkylation sites (tertiary alicyclic amines) is 1. The van der Waals surface area contributed by atoms with Crippen LogP contribution < -0.4 is 4.90 Å². The van der Waals surface area contributed by atoms with E-state index in [2.05, 4.69) is 6.92 Å². The van der Waals surface area contributed by atoms with Gasteiger partial charge in [0.1, 0.15) is 5.82 Å². The molecule has 4 nitrogen and oxygen atoms in total. The van der Waals surface area contributed by atoms with Crippen molar-refractivity contribution >= 4 is 29.1 Å². The molecule has 23 heavy (non-hydrogen) atoms. The van der Waals surface area contributed by atoms with Gasteiger partial charge in [-0.25, -0.2) is 4.39 Å². The SMILES string of the molecule is CC1CCCN(C(=O)C2CC(=O)N(c3ccc(F)c(Cl)c3)C2)C1. The van der Waals surface area contributed by atoms with Gasteiger partial charge in [-0.15, -0.1) is 0 Å². The minimum absolute atomic E-state index is 0.0186. The average molecular weight is 339 g/mol. The molecule has 1 aromatic rings. The van der Waals surface area contributed by atoms with Crippen molar-refractivity contribution < 1.29 is 14.0 Å². The average Bonchev–Trinajstić information content (AvgIpc) is 2.91. The zero-order chi connectivity index (χ0) is 16.6. The molecule has 0 aromatic heterocycles. The van der Waals surface area contributed by atoms with Gasteiger partial charge in [0.15, 0.2) is 0 Å². The molecule has 2 aliphatic rings. The number of halogens is 2. The van der Waals surface area contributed by atoms with Crippen molar-refractivity contribution in [1.82, 2.24) is 4.90 Å². The van der Waals surface area contributed by atoms with Crippen LogP contribution in [0.2, 0.25) is 5.02 Å². The second-order valence-corrected chi connectivity index (χ2v) is 6.94. The quantitative estimate of drug-likeness (QED) is 0.831. The highest BCUT2D eigenvalue weighted by atomic mass is 35.5. The Morgan fingerprint density at radius 2 is 2.13 bits per heavy atom. The van der Waals surface area contributed by atoms with Gasteiger partial charge in [-0.2, -0.15) is 0 Å². The maximum atomic E-state index is 13.3. The van der Waals surface area contributed by atoms with Gasteiger partial charge in [0.05, 0.1) is 10.9 Å². The summed E-state index contributed by atoms with van der Waals surface area (Å²) in [5.74, 6) is -0.387. The molecule has 2 saturated heterocycles. The van der Waals surface area contributed by atoms with E-state index in [1.54, 1.807) is 0 Å². The molecule has 3 rings (SSSR count). The van der Waals surface area contributed by atoms with Crippen molar-refractivity contribution in [3.63, 3.8) is 0 Å². The molecule has 2 amide bonds. The molecular formula is C17H20ClFN2O2. The second kappa shape index (κ2) is 6.48. The van der Waals surface area contributed by atoms with Crippen molar-refractivity contribution in [2.45, 2.75) is 26.2 Å². The number of amides is 2. The van der Waals surface area contributed by atoms with Gasteiger partial charge in [0, 0.05) is 31.7 Å². The van der Waals surface area contributed by atoms with E-state index in [-0.39, 0.29) is 29.2 Å². The highest BCUT2D eigenvalue weighted by Gasteiger charge is 2.38. The molecule has 124 valence electrons. The number of piperidine rings is 1. The minimum Gasteiger partial charge on any atom is -0.342 e. The third-order valence-corrected chi connectivity index (χ3v) is 4.95. The molecule has 0 bridgehead atoms. The van der Waals surface area contributed by atoms with Crippen LogP contribution >= 0.6 is 11.6 Å². The zero-order valence-electron chi connectivity index (χ0n) is 13.1. The number of carbonyl (C=O) groups is 2. The number of rotatable bonds is 2. The number of hydrogen-bond acceptors (Lipinski definition) is 2. The Bertz CT molecular complexity index is 637. The molecule has 0 saturated carbocycles. The summed E-state index contributed by atoms with van der Waals surface area (Å²) < 4.78 is 13.3. The van der Waals surface area contributed by atoms with Gasteiger partial charge in [0.25, 0.3) is 0 Å². The summed E-state index contributed by atoms with van der Waals surface area (Å²) in [4.78, 5) is 28.3. The van der Waals surface area contributed by atoms with E-state index in [0.29, 0.717) is 18.2 Å². The van der Waals surface area contributed by atoms with E-state index in [0.717, 1.165) is 25.9 Å². The molecule has 0 spiro atoms. The van der Waals surface area contributed by atoms with E-state index >= 15 is 0 Å². The van der Waals surface area contributed by atoms with Gasteiger partial charge in [0.2, 0.25) is 11.8 Å². The van der Waals surface area contributed by atoms with Gasteiger partial charge < -0.3 is 9.80 Å². The number of anilines is 1. The fourth-order valence-electron chi connectivity index (χ4n) is 3.42. The standard InChI is InChI=1S/C17H20ClFN2O2/c1-11-3-2-6-20(9-11)17(23)12-7-16(22)21(10-12)13-4-5-15(19)14(18)8-13/h4-5,8,11-12H,2-3,6-7,9-10H2,1H3. The number of hydrogen-bond donors (Lipinski definition) is 0. The molecular weight excluding hydrogens is 319 g/mol. The fourth-order valence-corrected chi connectivity index (χ4v) is 3.60. The van der Waals surface area contributed by atoms with E-state index in [1.165, 1.54) is 23.1 Å². The molecule has 1 aromatic carbocycles. The zero-order valence-corrected chi connectivity index (χ0v) is 13.9. The summed E-state index contributed by atoms with van der Waals surface area (Å²) in [6.07, 6.45) is 2.37. The molecule has 2 atom stereocenters. The van der Waals surface area contributed by atoms with Crippen LogP contribution in [0.3, 0.4) is 0 Å². The predicted octanol–water partition coefficient (Wildman–Crippen LogP) is 3.09. The Morgan fingerprint density at radius 1 is 1.35 bits per heavy atom. The normalized spacial score (nSPS) is 25.1. The smallest absolute Gasteiger partial charge is 0.228 e. The Morgan fingerprint density at radius 3 is 2.83 bits per heavy atom. The van der Waals surface area contributed by atoms with E-state index in [1.807, 2.05) is 4.90 Å². The Hall–Kier alpha value is -1.62. The van der Waals surface area contributed by atoms with Crippen molar-refractivity contribution in [3.05, 3.63) is 29.0 Å². The molecule has 0 N–H and O–H groups in total. The Labute approximate surface area is 140 Å². The first-order chi connectivity index (χ1) is 11.0. The molecule has 6 heteroatoms. The topological polar surface area (TPSA) is 40.6 Å². The van der Waals surface area contributed by atoms with Crippen LogP contribution in [-0.2, 0) is 9.59 Å². The summed E-state index contributed by atoms with van der Waals surface area (Å²) >= 11 is 5.79. The third-order valence-electron chi connectivity index (χ3n) is 4.66. The van der Waals surface area contributed by atoms with Crippen LogP contribution in [0.4, 0.5) is 10.1 Å². The molecule has 2 fully saturated rings. The summed E-state index contributed by atoms with van der Waals surface area (Å²) in [6, 6.07) is 4.20. The lowest BCUT2D eigenvalue weighted by molar-refractivity contribution is -0.137. The third kappa shape index (κ3) is 3.34. The van der Waals surface area contributed by atoms with Crippen molar-refractivity contribution in [1.29, 1.82) is 0 Å². The van der Waals surface area contributed by atoms with E-state index < -0.39 is 5.82 Å². The summed E-state index contributed by atoms with van der Waals surface area (Å²) in [5.41, 5.74) is 0.545. The maximum Gasteiger partial charge on any atom is 0.228 e. The highest BCUT2D eigenvalue weighted by molar-refractivity contribution is 6.31. The first-order valence-corrected chi connectivity index (χ1v) is 8.37. The van der Waals surface area contributed by atoms with Crippen LogP contribution in [0, 0.1) is 17.7 Å². The van der Waals surface area contributed by atoms with E-state index in [9.17, 15) is 14.0 Å². The second-order valence-electron chi connectivity index (χ2n) is 6.54. The number of carbonyl (C=O) groups excluding carboxylic acids is 2. The Kier molecular flexibility index (Phi) is 4.57. The van der Waals surface area contributed by atoms with Crippen LogP contribution in [0.25, 0.3) is 0 Å². The van der Waals surface area contributed by atoms with Crippen LogP contribution in [0.5, 0.6) is 0 Å². The lowest BCUT2D eigenvalue weighted by atomic mass is 9.98. The highest BCUT2D eigenvalue weighted by Crippen LogP contribution is 2.30. The van der Waals surface area contributed by atoms with Crippen LogP contribution in [-0.4, -0.2) is 36.3 Å². The lowest BCUT2D eigenvalue weighted by Crippen LogP contribution is -2.43. The molecule has 2 heterocycles. The first-order valence-electron chi connectivity index (χ1n) is 8.00. The Balaban J connectivity index is 1.71. The van der Waals surface area contributed by atoms with Gasteiger partial charge >= 0.3 is 0 Å². The maximum absolute atomic E-state index is 13.3. The molecule has 2 unspecified atom stereocenters. The monoisotopic (exact) mass is 338 g/mol. The first kappa shape index (κ1) is 16.2. The van der Waals surface area contributed by atoms with Gasteiger partial charge in [-0.1, -0.05) is 18.5 Å². The number of benzene rings is 1. The summed E-state index contributed by atoms with van der Waals surface area (Å²) in [5, 5.41) is -0.0186. The van der Waals surface area contributed by atoms with Crippen molar-refractivity contribution in [2.75, 3.05) is 24.5 Å². The summed E-state index contributed by atoms with van der Waals surface area (Å²) in [7, 11) is 0. The predicted molar refractivity (Wildman–Crippen MR) is 86.8 cm³/mol. The largest absolute Gasteiger partial charge is 0.342 e. The van der Waals surface area contributed by atoms with Crippen LogP contribution in [0.15, 0.2) is 18.2 Å².